The van der Waals surface area contributed by atoms with Crippen LogP contribution >= 0.6 is 11.6 Å². The largest absolute Gasteiger partial charge is 0.454 e. The smallest absolute Gasteiger partial charge is 0.329 e. The van der Waals surface area contributed by atoms with E-state index in [0.717, 1.165) is 17.7 Å². The number of amides is 3. The molecule has 0 radical (unpaired) electrons. The fourth-order valence-corrected chi connectivity index (χ4v) is 3.89. The second-order valence-electron chi connectivity index (χ2n) is 6.89. The summed E-state index contributed by atoms with van der Waals surface area (Å²) < 4.78 is 5.00. The van der Waals surface area contributed by atoms with Gasteiger partial charge in [0.1, 0.15) is 6.04 Å². The van der Waals surface area contributed by atoms with Gasteiger partial charge in [0.15, 0.2) is 6.61 Å². The number of rotatable bonds is 5. The third kappa shape index (κ3) is 4.13. The molecule has 8 heteroatoms. The molecule has 1 aromatic carbocycles. The average Bonchev–Trinajstić information content (AvgIpc) is 2.90. The number of esters is 1. The number of likely N-dealkylation sites (tertiary alicyclic amines) is 1. The second kappa shape index (κ2) is 8.08. The van der Waals surface area contributed by atoms with E-state index >= 15 is 0 Å². The standard InChI is InChI=1S/C19H21ClN2O5/c1-11(22-17(24)14-7-2-3-8-15(14)18(22)25)19(26)27-10-16(23)21-13-6-4-5-12(20)9-13/h4-6,9,11,14-15H,2-3,7-8,10H2,1H3,(H,21,23)/t11-,14-,15+/m0/s1. The number of hydrogen-bond donors (Lipinski definition) is 1. The summed E-state index contributed by atoms with van der Waals surface area (Å²) in [5.74, 6) is -2.59. The highest BCUT2D eigenvalue weighted by Crippen LogP contribution is 2.38. The normalized spacial score (nSPS) is 23.0. The minimum absolute atomic E-state index is 0.308. The van der Waals surface area contributed by atoms with Crippen LogP contribution in [-0.4, -0.2) is 41.2 Å². The van der Waals surface area contributed by atoms with Crippen LogP contribution in [0.1, 0.15) is 32.6 Å². The Balaban J connectivity index is 1.55. The van der Waals surface area contributed by atoms with Gasteiger partial charge < -0.3 is 10.1 Å². The van der Waals surface area contributed by atoms with E-state index in [1.54, 1.807) is 24.3 Å². The van der Waals surface area contributed by atoms with Crippen molar-refractivity contribution in [2.24, 2.45) is 11.8 Å². The Labute approximate surface area is 162 Å². The van der Waals surface area contributed by atoms with E-state index in [4.69, 9.17) is 16.3 Å². The number of ether oxygens (including phenoxy) is 1. The van der Waals surface area contributed by atoms with Gasteiger partial charge in [0, 0.05) is 10.7 Å². The summed E-state index contributed by atoms with van der Waals surface area (Å²) >= 11 is 5.84. The third-order valence-electron chi connectivity index (χ3n) is 5.06. The number of benzene rings is 1. The van der Waals surface area contributed by atoms with E-state index in [9.17, 15) is 19.2 Å². The Morgan fingerprint density at radius 1 is 1.22 bits per heavy atom. The monoisotopic (exact) mass is 392 g/mol. The van der Waals surface area contributed by atoms with Crippen LogP contribution in [0.2, 0.25) is 5.02 Å². The number of carbonyl (C=O) groups excluding carboxylic acids is 4. The molecule has 1 N–H and O–H groups in total. The van der Waals surface area contributed by atoms with Crippen molar-refractivity contribution in [3.8, 4) is 0 Å². The average molecular weight is 393 g/mol. The maximum Gasteiger partial charge on any atom is 0.329 e. The number of halogens is 1. The lowest BCUT2D eigenvalue weighted by atomic mass is 9.81. The predicted octanol–water partition coefficient (Wildman–Crippen LogP) is 2.39. The molecule has 144 valence electrons. The Kier molecular flexibility index (Phi) is 5.79. The summed E-state index contributed by atoms with van der Waals surface area (Å²) in [6, 6.07) is 5.51. The number of fused-ring (bicyclic) bond motifs is 1. The molecule has 3 amide bonds. The lowest BCUT2D eigenvalue weighted by Gasteiger charge is -2.21. The molecule has 2 fully saturated rings. The quantitative estimate of drug-likeness (QED) is 0.613. The van der Waals surface area contributed by atoms with Gasteiger partial charge in [0.05, 0.1) is 11.8 Å². The van der Waals surface area contributed by atoms with Gasteiger partial charge in [-0.15, -0.1) is 0 Å². The third-order valence-corrected chi connectivity index (χ3v) is 5.29. The lowest BCUT2D eigenvalue weighted by molar-refractivity contribution is -0.159. The van der Waals surface area contributed by atoms with Gasteiger partial charge in [-0.1, -0.05) is 30.5 Å². The van der Waals surface area contributed by atoms with Crippen LogP contribution in [0.3, 0.4) is 0 Å². The van der Waals surface area contributed by atoms with Gasteiger partial charge in [-0.25, -0.2) is 4.79 Å². The molecule has 1 saturated heterocycles. The summed E-state index contributed by atoms with van der Waals surface area (Å²) in [7, 11) is 0. The molecule has 7 nitrogen and oxygen atoms in total. The lowest BCUT2D eigenvalue weighted by Crippen LogP contribution is -2.45. The van der Waals surface area contributed by atoms with Crippen LogP contribution in [0.15, 0.2) is 24.3 Å². The topological polar surface area (TPSA) is 92.8 Å². The number of anilines is 1. The highest BCUT2D eigenvalue weighted by molar-refractivity contribution is 6.30. The van der Waals surface area contributed by atoms with Crippen molar-refractivity contribution in [1.82, 2.24) is 4.90 Å². The molecular formula is C19H21ClN2O5. The van der Waals surface area contributed by atoms with Crippen LogP contribution < -0.4 is 5.32 Å². The number of carbonyl (C=O) groups is 4. The second-order valence-corrected chi connectivity index (χ2v) is 7.32. The van der Waals surface area contributed by atoms with E-state index in [1.165, 1.54) is 6.92 Å². The van der Waals surface area contributed by atoms with E-state index in [2.05, 4.69) is 5.32 Å². The number of imide groups is 1. The van der Waals surface area contributed by atoms with Gasteiger partial charge in [-0.2, -0.15) is 0 Å². The summed E-state index contributed by atoms with van der Waals surface area (Å²) in [5, 5.41) is 3.02. The molecule has 0 aromatic heterocycles. The number of nitrogens with one attached hydrogen (secondary N) is 1. The van der Waals surface area contributed by atoms with Crippen LogP contribution in [0.25, 0.3) is 0 Å². The Morgan fingerprint density at radius 2 is 1.85 bits per heavy atom. The van der Waals surface area contributed by atoms with Crippen molar-refractivity contribution < 1.29 is 23.9 Å². The fourth-order valence-electron chi connectivity index (χ4n) is 3.70. The molecular weight excluding hydrogens is 372 g/mol. The maximum atomic E-state index is 12.5. The summed E-state index contributed by atoms with van der Waals surface area (Å²) in [5.41, 5.74) is 0.477. The molecule has 0 bridgehead atoms. The maximum absolute atomic E-state index is 12.5. The van der Waals surface area contributed by atoms with Gasteiger partial charge in [0.25, 0.3) is 5.91 Å². The molecule has 1 heterocycles. The number of hydrogen-bond acceptors (Lipinski definition) is 5. The van der Waals surface area contributed by atoms with Crippen molar-refractivity contribution in [2.75, 3.05) is 11.9 Å². The van der Waals surface area contributed by atoms with Crippen LogP contribution in [0, 0.1) is 11.8 Å². The van der Waals surface area contributed by atoms with Crippen molar-refractivity contribution in [3.05, 3.63) is 29.3 Å². The summed E-state index contributed by atoms with van der Waals surface area (Å²) in [4.78, 5) is 50.2. The molecule has 1 aliphatic carbocycles. The molecule has 0 spiro atoms. The zero-order valence-electron chi connectivity index (χ0n) is 14.9. The van der Waals surface area contributed by atoms with Crippen molar-refractivity contribution in [1.29, 1.82) is 0 Å². The van der Waals surface area contributed by atoms with Crippen LogP contribution in [0.5, 0.6) is 0 Å². The van der Waals surface area contributed by atoms with E-state index in [0.29, 0.717) is 23.6 Å². The number of nitrogens with zero attached hydrogens (tertiary/aromatic N) is 1. The van der Waals surface area contributed by atoms with E-state index < -0.39 is 24.5 Å². The zero-order valence-corrected chi connectivity index (χ0v) is 15.7. The fraction of sp³-hybridized carbons (Fsp3) is 0.474. The van der Waals surface area contributed by atoms with Crippen LogP contribution in [0.4, 0.5) is 5.69 Å². The Bertz CT molecular complexity index is 757. The van der Waals surface area contributed by atoms with Crippen molar-refractivity contribution in [3.63, 3.8) is 0 Å². The first-order chi connectivity index (χ1) is 12.9. The Morgan fingerprint density at radius 3 is 2.44 bits per heavy atom. The highest BCUT2D eigenvalue weighted by atomic mass is 35.5. The first-order valence-corrected chi connectivity index (χ1v) is 9.35. The summed E-state index contributed by atoms with van der Waals surface area (Å²) in [6.45, 7) is 0.934. The molecule has 1 saturated carbocycles. The molecule has 0 unspecified atom stereocenters. The van der Waals surface area contributed by atoms with Crippen LogP contribution in [-0.2, 0) is 23.9 Å². The zero-order chi connectivity index (χ0) is 19.6. The van der Waals surface area contributed by atoms with E-state index in [1.807, 2.05) is 0 Å². The molecule has 1 aliphatic heterocycles. The first kappa shape index (κ1) is 19.4. The molecule has 1 aromatic rings. The van der Waals surface area contributed by atoms with E-state index in [-0.39, 0.29) is 23.7 Å². The minimum atomic E-state index is -1.05. The molecule has 3 rings (SSSR count). The van der Waals surface area contributed by atoms with Gasteiger partial charge in [-0.05, 0) is 38.0 Å². The Hall–Kier alpha value is -2.41. The van der Waals surface area contributed by atoms with Crippen molar-refractivity contribution in [2.45, 2.75) is 38.6 Å². The highest BCUT2D eigenvalue weighted by Gasteiger charge is 2.51. The first-order valence-electron chi connectivity index (χ1n) is 8.97. The van der Waals surface area contributed by atoms with Crippen molar-refractivity contribution >= 4 is 41.0 Å². The van der Waals surface area contributed by atoms with Gasteiger partial charge >= 0.3 is 5.97 Å². The predicted molar refractivity (Wildman–Crippen MR) is 97.8 cm³/mol. The molecule has 3 atom stereocenters. The molecule has 2 aliphatic rings. The summed E-state index contributed by atoms with van der Waals surface area (Å²) in [6.07, 6.45) is 3.18. The van der Waals surface area contributed by atoms with Gasteiger partial charge in [0.2, 0.25) is 11.8 Å². The minimum Gasteiger partial charge on any atom is -0.454 e. The van der Waals surface area contributed by atoms with Gasteiger partial charge in [-0.3, -0.25) is 19.3 Å². The SMILES string of the molecule is C[C@@H](C(=O)OCC(=O)Nc1cccc(Cl)c1)N1C(=O)[C@H]2CCCC[C@H]2C1=O. The molecule has 27 heavy (non-hydrogen) atoms.